The molecule has 184 valence electrons. The first kappa shape index (κ1) is 24.6. The first-order chi connectivity index (χ1) is 16.5. The number of nitrogens with zero attached hydrogens (tertiary/aromatic N) is 1. The van der Waals surface area contributed by atoms with Gasteiger partial charge in [0.05, 0.1) is 25.3 Å². The van der Waals surface area contributed by atoms with Crippen molar-refractivity contribution in [1.29, 1.82) is 0 Å². The summed E-state index contributed by atoms with van der Waals surface area (Å²) in [7, 11) is -2.24. The van der Waals surface area contributed by atoms with Gasteiger partial charge in [0.2, 0.25) is 5.88 Å². The molecule has 7 nitrogen and oxygen atoms in total. The Balaban J connectivity index is 2.06. The van der Waals surface area contributed by atoms with Gasteiger partial charge in [0.1, 0.15) is 16.4 Å². The third-order valence-corrected chi connectivity index (χ3v) is 7.11. The van der Waals surface area contributed by atoms with Crippen LogP contribution in [0.4, 0.5) is 13.2 Å². The summed E-state index contributed by atoms with van der Waals surface area (Å²) in [5, 5.41) is 11.7. The first-order valence-electron chi connectivity index (χ1n) is 9.83. The highest BCUT2D eigenvalue weighted by Crippen LogP contribution is 2.46. The van der Waals surface area contributed by atoms with Crippen LogP contribution in [0.5, 0.6) is 23.1 Å². The zero-order chi connectivity index (χ0) is 25.5. The lowest BCUT2D eigenvalue weighted by Gasteiger charge is -2.16. The van der Waals surface area contributed by atoms with Crippen molar-refractivity contribution in [3.63, 3.8) is 0 Å². The van der Waals surface area contributed by atoms with Crippen LogP contribution in [0.2, 0.25) is 5.02 Å². The number of fused-ring (bicyclic) bond motifs is 1. The molecule has 0 bridgehead atoms. The van der Waals surface area contributed by atoms with Crippen molar-refractivity contribution in [1.82, 2.24) is 3.97 Å². The van der Waals surface area contributed by atoms with Gasteiger partial charge in [0.25, 0.3) is 10.0 Å². The SMILES string of the molecule is COc1ccc(S(=O)(=O)n2c(O)c(-c3ccccc3OC)c3cc(Cl)ccc32)c(OC(F)(F)F)c1. The Morgan fingerprint density at radius 2 is 1.66 bits per heavy atom. The smallest absolute Gasteiger partial charge is 0.497 e. The number of hydrogen-bond acceptors (Lipinski definition) is 6. The third kappa shape index (κ3) is 4.44. The number of para-hydroxylation sites is 1. The molecule has 0 aliphatic heterocycles. The molecule has 1 aromatic heterocycles. The average molecular weight is 528 g/mol. The van der Waals surface area contributed by atoms with Crippen LogP contribution in [0, 0.1) is 0 Å². The topological polar surface area (TPSA) is 87.0 Å². The van der Waals surface area contributed by atoms with Crippen LogP contribution in [-0.2, 0) is 10.0 Å². The molecule has 0 saturated heterocycles. The Hall–Kier alpha value is -3.57. The summed E-state index contributed by atoms with van der Waals surface area (Å²) in [6.45, 7) is 0. The quantitative estimate of drug-likeness (QED) is 0.340. The Kier molecular flexibility index (Phi) is 6.24. The zero-order valence-corrected chi connectivity index (χ0v) is 19.7. The van der Waals surface area contributed by atoms with E-state index in [0.717, 1.165) is 18.2 Å². The molecule has 0 aliphatic rings. The number of rotatable bonds is 6. The lowest BCUT2D eigenvalue weighted by molar-refractivity contribution is -0.275. The Bertz CT molecular complexity index is 1530. The van der Waals surface area contributed by atoms with Crippen molar-refractivity contribution in [2.24, 2.45) is 0 Å². The van der Waals surface area contributed by atoms with Crippen LogP contribution < -0.4 is 14.2 Å². The molecule has 0 radical (unpaired) electrons. The van der Waals surface area contributed by atoms with Crippen LogP contribution in [0.25, 0.3) is 22.0 Å². The van der Waals surface area contributed by atoms with Gasteiger partial charge in [-0.05, 0) is 36.4 Å². The minimum absolute atomic E-state index is 0.0263. The van der Waals surface area contributed by atoms with E-state index in [0.29, 0.717) is 15.3 Å². The predicted molar refractivity (Wildman–Crippen MR) is 123 cm³/mol. The van der Waals surface area contributed by atoms with E-state index in [9.17, 15) is 26.7 Å². The van der Waals surface area contributed by atoms with E-state index >= 15 is 0 Å². The number of ether oxygens (including phenoxy) is 3. The summed E-state index contributed by atoms with van der Waals surface area (Å²) in [4.78, 5) is -0.843. The zero-order valence-electron chi connectivity index (χ0n) is 18.1. The molecular weight excluding hydrogens is 511 g/mol. The Morgan fingerprint density at radius 3 is 2.31 bits per heavy atom. The van der Waals surface area contributed by atoms with Crippen molar-refractivity contribution in [2.45, 2.75) is 11.3 Å². The Morgan fingerprint density at radius 1 is 0.943 bits per heavy atom. The molecule has 4 aromatic rings. The fourth-order valence-corrected chi connectivity index (χ4v) is 5.41. The molecule has 1 N–H and O–H groups in total. The summed E-state index contributed by atoms with van der Waals surface area (Å²) in [5.74, 6) is -1.51. The molecule has 4 rings (SSSR count). The van der Waals surface area contributed by atoms with Gasteiger partial charge >= 0.3 is 6.36 Å². The normalized spacial score (nSPS) is 12.1. The fourth-order valence-electron chi connectivity index (χ4n) is 3.71. The number of halogens is 4. The number of aromatic hydroxyl groups is 1. The van der Waals surface area contributed by atoms with E-state index in [1.165, 1.54) is 32.4 Å². The summed E-state index contributed by atoms with van der Waals surface area (Å²) in [5.41, 5.74) is 0.382. The Labute approximate surface area is 202 Å². The molecule has 35 heavy (non-hydrogen) atoms. The summed E-state index contributed by atoms with van der Waals surface area (Å²) < 4.78 is 81.5. The van der Waals surface area contributed by atoms with Gasteiger partial charge in [-0.2, -0.15) is 0 Å². The van der Waals surface area contributed by atoms with Crippen LogP contribution >= 0.6 is 11.6 Å². The summed E-state index contributed by atoms with van der Waals surface area (Å²) in [6, 6.07) is 13.6. The lowest BCUT2D eigenvalue weighted by Crippen LogP contribution is -2.20. The number of benzene rings is 3. The lowest BCUT2D eigenvalue weighted by atomic mass is 10.0. The van der Waals surface area contributed by atoms with E-state index in [-0.39, 0.29) is 27.2 Å². The summed E-state index contributed by atoms with van der Waals surface area (Å²) >= 11 is 6.15. The minimum Gasteiger partial charge on any atom is -0.497 e. The molecule has 0 spiro atoms. The number of methoxy groups -OCH3 is 2. The highest BCUT2D eigenvalue weighted by atomic mass is 35.5. The van der Waals surface area contributed by atoms with Crippen molar-refractivity contribution >= 4 is 32.5 Å². The highest BCUT2D eigenvalue weighted by molar-refractivity contribution is 7.90. The minimum atomic E-state index is -5.19. The average Bonchev–Trinajstić information content (AvgIpc) is 3.09. The van der Waals surface area contributed by atoms with Gasteiger partial charge < -0.3 is 19.3 Å². The van der Waals surface area contributed by atoms with E-state index in [4.69, 9.17) is 21.1 Å². The molecule has 3 aromatic carbocycles. The number of alkyl halides is 3. The van der Waals surface area contributed by atoms with Gasteiger partial charge in [-0.3, -0.25) is 0 Å². The maximum atomic E-state index is 13.7. The predicted octanol–water partition coefficient (Wildman–Crippen LogP) is 5.82. The van der Waals surface area contributed by atoms with Gasteiger partial charge in [-0.25, -0.2) is 12.4 Å². The van der Waals surface area contributed by atoms with E-state index in [1.54, 1.807) is 24.3 Å². The molecule has 12 heteroatoms. The van der Waals surface area contributed by atoms with Gasteiger partial charge in [-0.15, -0.1) is 13.2 Å². The van der Waals surface area contributed by atoms with Crippen molar-refractivity contribution in [3.8, 4) is 34.3 Å². The van der Waals surface area contributed by atoms with Gasteiger partial charge in [0, 0.05) is 22.0 Å². The van der Waals surface area contributed by atoms with Crippen LogP contribution in [0.1, 0.15) is 0 Å². The molecule has 0 amide bonds. The molecule has 0 aliphatic carbocycles. The second-order valence-electron chi connectivity index (χ2n) is 7.19. The van der Waals surface area contributed by atoms with Crippen LogP contribution in [-0.4, -0.2) is 38.1 Å². The fraction of sp³-hybridized carbons (Fsp3) is 0.130. The number of aromatic nitrogens is 1. The summed E-state index contributed by atoms with van der Waals surface area (Å²) in [6.07, 6.45) is -5.19. The number of hydrogen-bond donors (Lipinski definition) is 1. The van der Waals surface area contributed by atoms with Crippen LogP contribution in [0.15, 0.2) is 65.6 Å². The molecule has 0 atom stereocenters. The highest BCUT2D eigenvalue weighted by Gasteiger charge is 2.36. The molecule has 1 heterocycles. The van der Waals surface area contributed by atoms with E-state index in [2.05, 4.69) is 4.74 Å². The standard InChI is InChI=1S/C23H17ClF3NO6S/c1-32-14-8-10-20(19(12-14)34-23(25,26)27)35(30,31)28-17-9-7-13(24)11-16(17)21(22(28)29)15-5-3-4-6-18(15)33-2/h3-12,29H,1-2H3. The van der Waals surface area contributed by atoms with Gasteiger partial charge in [-0.1, -0.05) is 29.8 Å². The second kappa shape index (κ2) is 8.90. The monoisotopic (exact) mass is 527 g/mol. The molecular formula is C23H17ClF3NO6S. The van der Waals surface area contributed by atoms with Crippen molar-refractivity contribution in [2.75, 3.05) is 14.2 Å². The largest absolute Gasteiger partial charge is 0.573 e. The maximum Gasteiger partial charge on any atom is 0.573 e. The molecule has 0 fully saturated rings. The second-order valence-corrected chi connectivity index (χ2v) is 9.38. The van der Waals surface area contributed by atoms with Crippen molar-refractivity contribution in [3.05, 3.63) is 65.7 Å². The third-order valence-electron chi connectivity index (χ3n) is 5.13. The van der Waals surface area contributed by atoms with Gasteiger partial charge in [0.15, 0.2) is 5.75 Å². The molecule has 0 unspecified atom stereocenters. The van der Waals surface area contributed by atoms with E-state index < -0.39 is 32.9 Å². The van der Waals surface area contributed by atoms with Crippen molar-refractivity contribution < 1.29 is 40.9 Å². The maximum absolute atomic E-state index is 13.7. The molecule has 0 saturated carbocycles. The van der Waals surface area contributed by atoms with E-state index in [1.807, 2.05) is 0 Å². The van der Waals surface area contributed by atoms with Crippen LogP contribution in [0.3, 0.4) is 0 Å². The first-order valence-corrected chi connectivity index (χ1v) is 11.7.